The number of hydrogen-bond donors (Lipinski definition) is 0. The highest BCUT2D eigenvalue weighted by Crippen LogP contribution is 2.32. The molecule has 0 heterocycles. The fraction of sp³-hybridized carbons (Fsp3) is 0.0667. The maximum Gasteiger partial charge on any atom is 0.163 e. The van der Waals surface area contributed by atoms with Gasteiger partial charge in [-0.3, -0.25) is 4.79 Å². The molecule has 0 saturated heterocycles. The van der Waals surface area contributed by atoms with Gasteiger partial charge in [0.15, 0.2) is 5.78 Å². The quantitative estimate of drug-likeness (QED) is 0.779. The third-order valence-corrected chi connectivity index (χ3v) is 3.22. The Bertz CT molecular complexity index is 722. The molecule has 0 radical (unpaired) electrons. The maximum atomic E-state index is 13.0. The van der Waals surface area contributed by atoms with Crippen molar-refractivity contribution in [3.05, 3.63) is 57.8 Å². The number of benzene rings is 2. The summed E-state index contributed by atoms with van der Waals surface area (Å²) in [5.41, 5.74) is 0.739. The predicted octanol–water partition coefficient (Wildman–Crippen LogP) is 4.45. The van der Waals surface area contributed by atoms with Crippen molar-refractivity contribution >= 4 is 21.7 Å². The minimum atomic E-state index is -0.401. The van der Waals surface area contributed by atoms with Gasteiger partial charge in [-0.05, 0) is 59.3 Å². The fourth-order valence-corrected chi connectivity index (χ4v) is 2.08. The van der Waals surface area contributed by atoms with E-state index in [1.807, 2.05) is 6.07 Å². The molecule has 2 rings (SSSR count). The molecule has 100 valence electrons. The van der Waals surface area contributed by atoms with Gasteiger partial charge in [0, 0.05) is 0 Å². The number of carbonyl (C=O) groups excluding carboxylic acids is 1. The van der Waals surface area contributed by atoms with Gasteiger partial charge in [-0.1, -0.05) is 0 Å². The van der Waals surface area contributed by atoms with Crippen LogP contribution in [0.2, 0.25) is 0 Å². The van der Waals surface area contributed by atoms with Crippen LogP contribution >= 0.6 is 15.9 Å². The maximum absolute atomic E-state index is 13.0. The Morgan fingerprint density at radius 3 is 2.60 bits per heavy atom. The van der Waals surface area contributed by atoms with E-state index in [1.54, 1.807) is 6.07 Å². The summed E-state index contributed by atoms with van der Waals surface area (Å²) in [6.45, 7) is 1.41. The average molecular weight is 334 g/mol. The molecule has 0 spiro atoms. The van der Waals surface area contributed by atoms with Crippen molar-refractivity contribution in [1.82, 2.24) is 0 Å². The standard InChI is InChI=1S/C15H9BrFNO2/c1-9(19)12-4-2-10(8-18)6-15(12)20-14-5-3-11(17)7-13(14)16/h2-7H,1H3. The van der Waals surface area contributed by atoms with Crippen LogP contribution in [0.1, 0.15) is 22.8 Å². The summed E-state index contributed by atoms with van der Waals surface area (Å²) in [6.07, 6.45) is 0. The van der Waals surface area contributed by atoms with Gasteiger partial charge in [0.05, 0.1) is 21.7 Å². The molecule has 0 aliphatic carbocycles. The Kier molecular flexibility index (Phi) is 4.16. The zero-order valence-electron chi connectivity index (χ0n) is 10.5. The molecule has 0 bridgehead atoms. The van der Waals surface area contributed by atoms with E-state index in [9.17, 15) is 9.18 Å². The number of hydrogen-bond acceptors (Lipinski definition) is 3. The van der Waals surface area contributed by atoms with Crippen LogP contribution in [0, 0.1) is 17.1 Å². The van der Waals surface area contributed by atoms with Crippen molar-refractivity contribution in [1.29, 1.82) is 5.26 Å². The zero-order chi connectivity index (χ0) is 14.7. The zero-order valence-corrected chi connectivity index (χ0v) is 12.1. The summed E-state index contributed by atoms with van der Waals surface area (Å²) in [7, 11) is 0. The molecule has 0 aromatic heterocycles. The SMILES string of the molecule is CC(=O)c1ccc(C#N)cc1Oc1ccc(F)cc1Br. The molecular formula is C15H9BrFNO2. The molecule has 2 aromatic carbocycles. The summed E-state index contributed by atoms with van der Waals surface area (Å²) < 4.78 is 19.1. The van der Waals surface area contributed by atoms with Crippen molar-refractivity contribution in [2.75, 3.05) is 0 Å². The first-order chi connectivity index (χ1) is 9.51. The molecule has 5 heteroatoms. The summed E-state index contributed by atoms with van der Waals surface area (Å²) in [5.74, 6) is 0.0531. The molecule has 0 atom stereocenters. The minimum absolute atomic E-state index is 0.178. The van der Waals surface area contributed by atoms with Crippen LogP contribution in [-0.4, -0.2) is 5.78 Å². The first kappa shape index (κ1) is 14.2. The number of rotatable bonds is 3. The van der Waals surface area contributed by atoms with Crippen LogP contribution in [0.4, 0.5) is 4.39 Å². The van der Waals surface area contributed by atoms with E-state index in [4.69, 9.17) is 10.00 Å². The van der Waals surface area contributed by atoms with Gasteiger partial charge in [-0.15, -0.1) is 0 Å². The predicted molar refractivity (Wildman–Crippen MR) is 75.3 cm³/mol. The van der Waals surface area contributed by atoms with Crippen molar-refractivity contribution < 1.29 is 13.9 Å². The largest absolute Gasteiger partial charge is 0.455 e. The average Bonchev–Trinajstić information content (AvgIpc) is 2.41. The number of nitriles is 1. The van der Waals surface area contributed by atoms with Crippen LogP contribution in [0.3, 0.4) is 0 Å². The first-order valence-corrected chi connectivity index (χ1v) is 6.48. The summed E-state index contributed by atoms with van der Waals surface area (Å²) in [5, 5.41) is 8.90. The molecule has 0 N–H and O–H groups in total. The van der Waals surface area contributed by atoms with Crippen LogP contribution in [0.5, 0.6) is 11.5 Å². The molecule has 0 unspecified atom stereocenters. The van der Waals surface area contributed by atoms with Crippen LogP contribution in [0.15, 0.2) is 40.9 Å². The van der Waals surface area contributed by atoms with Gasteiger partial charge in [0.1, 0.15) is 17.3 Å². The van der Waals surface area contributed by atoms with E-state index >= 15 is 0 Å². The molecule has 0 aliphatic heterocycles. The summed E-state index contributed by atoms with van der Waals surface area (Å²) >= 11 is 3.19. The lowest BCUT2D eigenvalue weighted by atomic mass is 10.1. The van der Waals surface area contributed by atoms with Crippen LogP contribution in [-0.2, 0) is 0 Å². The van der Waals surface area contributed by atoms with Gasteiger partial charge in [-0.2, -0.15) is 5.26 Å². The third kappa shape index (κ3) is 3.03. The minimum Gasteiger partial charge on any atom is -0.455 e. The van der Waals surface area contributed by atoms with Crippen molar-refractivity contribution in [2.24, 2.45) is 0 Å². The molecular weight excluding hydrogens is 325 g/mol. The lowest BCUT2D eigenvalue weighted by Gasteiger charge is -2.11. The van der Waals surface area contributed by atoms with Crippen molar-refractivity contribution in [3.63, 3.8) is 0 Å². The van der Waals surface area contributed by atoms with Crippen molar-refractivity contribution in [2.45, 2.75) is 6.92 Å². The molecule has 0 fully saturated rings. The number of Topliss-reactive ketones (excluding diaryl/α,β-unsaturated/α-hetero) is 1. The smallest absolute Gasteiger partial charge is 0.163 e. The van der Waals surface area contributed by atoms with Gasteiger partial charge >= 0.3 is 0 Å². The van der Waals surface area contributed by atoms with Gasteiger partial charge < -0.3 is 4.74 Å². The highest BCUT2D eigenvalue weighted by Gasteiger charge is 2.12. The Morgan fingerprint density at radius 1 is 1.25 bits per heavy atom. The first-order valence-electron chi connectivity index (χ1n) is 5.69. The fourth-order valence-electron chi connectivity index (χ4n) is 1.64. The molecule has 0 saturated carbocycles. The number of ketones is 1. The van der Waals surface area contributed by atoms with Crippen LogP contribution < -0.4 is 4.74 Å². The van der Waals surface area contributed by atoms with Gasteiger partial charge in [0.25, 0.3) is 0 Å². The van der Waals surface area contributed by atoms with E-state index in [1.165, 1.54) is 37.3 Å². The summed E-state index contributed by atoms with van der Waals surface area (Å²) in [4.78, 5) is 11.6. The van der Waals surface area contributed by atoms with E-state index in [0.29, 0.717) is 21.3 Å². The molecule has 0 amide bonds. The lowest BCUT2D eigenvalue weighted by Crippen LogP contribution is -1.98. The number of halogens is 2. The monoisotopic (exact) mass is 333 g/mol. The second-order valence-electron chi connectivity index (χ2n) is 4.06. The molecule has 20 heavy (non-hydrogen) atoms. The Hall–Kier alpha value is -2.19. The lowest BCUT2D eigenvalue weighted by molar-refractivity contribution is 0.101. The third-order valence-electron chi connectivity index (χ3n) is 2.60. The van der Waals surface area contributed by atoms with Crippen LogP contribution in [0.25, 0.3) is 0 Å². The number of nitrogens with zero attached hydrogens (tertiary/aromatic N) is 1. The van der Waals surface area contributed by atoms with E-state index in [2.05, 4.69) is 15.9 Å². The topological polar surface area (TPSA) is 50.1 Å². The highest BCUT2D eigenvalue weighted by atomic mass is 79.9. The van der Waals surface area contributed by atoms with E-state index in [0.717, 1.165) is 0 Å². The second-order valence-corrected chi connectivity index (χ2v) is 4.91. The Balaban J connectivity index is 2.46. The summed E-state index contributed by atoms with van der Waals surface area (Å²) in [6, 6.07) is 10.5. The second kappa shape index (κ2) is 5.85. The Morgan fingerprint density at radius 2 is 2.00 bits per heavy atom. The molecule has 3 nitrogen and oxygen atoms in total. The van der Waals surface area contributed by atoms with E-state index in [-0.39, 0.29) is 11.5 Å². The number of ether oxygens (including phenoxy) is 1. The van der Waals surface area contributed by atoms with Gasteiger partial charge in [-0.25, -0.2) is 4.39 Å². The molecule has 2 aromatic rings. The van der Waals surface area contributed by atoms with E-state index < -0.39 is 5.82 Å². The van der Waals surface area contributed by atoms with Gasteiger partial charge in [0.2, 0.25) is 0 Å². The normalized spacial score (nSPS) is 9.90. The highest BCUT2D eigenvalue weighted by molar-refractivity contribution is 9.10. The number of carbonyl (C=O) groups is 1. The van der Waals surface area contributed by atoms with Crippen molar-refractivity contribution in [3.8, 4) is 17.6 Å². The molecule has 0 aliphatic rings. The Labute approximate surface area is 123 Å².